The van der Waals surface area contributed by atoms with Crippen molar-refractivity contribution in [2.45, 2.75) is 0 Å². The highest BCUT2D eigenvalue weighted by Gasteiger charge is 2.01. The van der Waals surface area contributed by atoms with Gasteiger partial charge in [0.15, 0.2) is 0 Å². The Morgan fingerprint density at radius 2 is 2.07 bits per heavy atom. The number of benzene rings is 2. The van der Waals surface area contributed by atoms with Crippen LogP contribution >= 0.6 is 27.5 Å². The molecule has 0 atom stereocenters. The van der Waals surface area contributed by atoms with Crippen LogP contribution in [-0.4, -0.2) is 0 Å². The number of hydrogen-bond acceptors (Lipinski definition) is 0. The summed E-state index contributed by atoms with van der Waals surface area (Å²) in [6.07, 6.45) is 0. The third-order valence-electron chi connectivity index (χ3n) is 1.95. The Labute approximate surface area is 96.7 Å². The first-order valence-electron chi connectivity index (χ1n) is 4.19. The summed E-state index contributed by atoms with van der Waals surface area (Å²) in [6.45, 7) is 0. The Bertz CT molecular complexity index is 452. The molecule has 14 heavy (non-hydrogen) atoms. The molecule has 0 aliphatic heterocycles. The first-order valence-corrected chi connectivity index (χ1v) is 5.36. The van der Waals surface area contributed by atoms with E-state index in [0.717, 1.165) is 20.6 Å². The van der Waals surface area contributed by atoms with Gasteiger partial charge in [-0.05, 0) is 35.4 Å². The minimum atomic E-state index is 0.752. The molecular weight excluding hydrogens is 259 g/mol. The van der Waals surface area contributed by atoms with Crippen LogP contribution in [0.2, 0.25) is 5.02 Å². The zero-order valence-corrected chi connectivity index (χ0v) is 9.64. The standard InChI is InChI=1S/C12H7BrCl/c13-12-7-2-1-6-11(12)9-4-3-5-10(14)8-9/h1,3-8H. The molecule has 0 saturated carbocycles. The lowest BCUT2D eigenvalue weighted by molar-refractivity contribution is 1.58. The van der Waals surface area contributed by atoms with Crippen LogP contribution < -0.4 is 0 Å². The third-order valence-corrected chi connectivity index (χ3v) is 2.84. The highest BCUT2D eigenvalue weighted by atomic mass is 79.9. The van der Waals surface area contributed by atoms with Gasteiger partial charge in [0.05, 0.1) is 0 Å². The van der Waals surface area contributed by atoms with Crippen molar-refractivity contribution in [3.05, 3.63) is 58.0 Å². The molecule has 0 saturated heterocycles. The van der Waals surface area contributed by atoms with E-state index in [0.29, 0.717) is 0 Å². The maximum Gasteiger partial charge on any atom is 0.0412 e. The average molecular weight is 267 g/mol. The molecule has 1 radical (unpaired) electrons. The van der Waals surface area contributed by atoms with E-state index in [4.69, 9.17) is 11.6 Å². The van der Waals surface area contributed by atoms with Gasteiger partial charge in [0, 0.05) is 9.50 Å². The van der Waals surface area contributed by atoms with E-state index in [9.17, 15) is 0 Å². The van der Waals surface area contributed by atoms with Crippen molar-refractivity contribution < 1.29 is 0 Å². The minimum absolute atomic E-state index is 0.752. The van der Waals surface area contributed by atoms with E-state index in [-0.39, 0.29) is 0 Å². The number of rotatable bonds is 1. The zero-order chi connectivity index (χ0) is 9.97. The van der Waals surface area contributed by atoms with E-state index in [1.807, 2.05) is 42.5 Å². The van der Waals surface area contributed by atoms with Gasteiger partial charge >= 0.3 is 0 Å². The van der Waals surface area contributed by atoms with Crippen LogP contribution in [0.3, 0.4) is 0 Å². The second kappa shape index (κ2) is 4.16. The summed E-state index contributed by atoms with van der Waals surface area (Å²) in [5.41, 5.74) is 2.24. The third kappa shape index (κ3) is 1.99. The van der Waals surface area contributed by atoms with Gasteiger partial charge in [0.25, 0.3) is 0 Å². The fourth-order valence-electron chi connectivity index (χ4n) is 1.30. The van der Waals surface area contributed by atoms with Crippen LogP contribution in [0.5, 0.6) is 0 Å². The van der Waals surface area contributed by atoms with Crippen molar-refractivity contribution in [1.29, 1.82) is 0 Å². The molecule has 0 N–H and O–H groups in total. The molecule has 2 heteroatoms. The first-order chi connectivity index (χ1) is 6.77. The molecule has 0 spiro atoms. The smallest absolute Gasteiger partial charge is 0.0412 e. The maximum absolute atomic E-state index is 5.92. The van der Waals surface area contributed by atoms with E-state index in [1.54, 1.807) is 0 Å². The molecule has 0 bridgehead atoms. The van der Waals surface area contributed by atoms with Gasteiger partial charge in [-0.15, -0.1) is 0 Å². The second-order valence-corrected chi connectivity index (χ2v) is 4.21. The Kier molecular flexibility index (Phi) is 2.90. The molecule has 0 fully saturated rings. The Balaban J connectivity index is 2.55. The molecule has 2 aromatic rings. The summed E-state index contributed by atoms with van der Waals surface area (Å²) in [7, 11) is 0. The van der Waals surface area contributed by atoms with Crippen LogP contribution in [0.1, 0.15) is 0 Å². The van der Waals surface area contributed by atoms with Crippen molar-refractivity contribution in [2.75, 3.05) is 0 Å². The quantitative estimate of drug-likeness (QED) is 0.709. The lowest BCUT2D eigenvalue weighted by atomic mass is 10.1. The van der Waals surface area contributed by atoms with E-state index < -0.39 is 0 Å². The van der Waals surface area contributed by atoms with Gasteiger partial charge in [-0.2, -0.15) is 0 Å². The molecule has 0 nitrogen and oxygen atoms in total. The second-order valence-electron chi connectivity index (χ2n) is 2.92. The SMILES string of the molecule is Clc1cccc(-c2cc[c]cc2Br)c1. The summed E-state index contributed by atoms with van der Waals surface area (Å²) in [5.74, 6) is 0. The monoisotopic (exact) mass is 265 g/mol. The predicted molar refractivity (Wildman–Crippen MR) is 63.4 cm³/mol. The molecule has 2 aromatic carbocycles. The van der Waals surface area contributed by atoms with Crippen molar-refractivity contribution in [3.63, 3.8) is 0 Å². The fourth-order valence-corrected chi connectivity index (χ4v) is 1.98. The summed E-state index contributed by atoms with van der Waals surface area (Å²) >= 11 is 9.41. The van der Waals surface area contributed by atoms with Crippen molar-refractivity contribution in [3.8, 4) is 11.1 Å². The maximum atomic E-state index is 5.92. The summed E-state index contributed by atoms with van der Waals surface area (Å²) in [5, 5.41) is 0.752. The molecular formula is C12H7BrCl. The van der Waals surface area contributed by atoms with Gasteiger partial charge in [-0.25, -0.2) is 0 Å². The number of hydrogen-bond donors (Lipinski definition) is 0. The largest absolute Gasteiger partial charge is 0.0843 e. The molecule has 0 aliphatic carbocycles. The van der Waals surface area contributed by atoms with Crippen molar-refractivity contribution in [1.82, 2.24) is 0 Å². The first kappa shape index (κ1) is 9.75. The van der Waals surface area contributed by atoms with Crippen LogP contribution in [0.25, 0.3) is 11.1 Å². The predicted octanol–water partition coefficient (Wildman–Crippen LogP) is 4.57. The molecule has 0 heterocycles. The van der Waals surface area contributed by atoms with Crippen molar-refractivity contribution in [2.24, 2.45) is 0 Å². The molecule has 2 rings (SSSR count). The normalized spacial score (nSPS) is 10.1. The van der Waals surface area contributed by atoms with Gasteiger partial charge in [0.1, 0.15) is 0 Å². The average Bonchev–Trinajstić information content (AvgIpc) is 2.18. The van der Waals surface area contributed by atoms with Crippen LogP contribution in [0.15, 0.2) is 46.9 Å². The Morgan fingerprint density at radius 1 is 1.21 bits per heavy atom. The van der Waals surface area contributed by atoms with Gasteiger partial charge in [-0.3, -0.25) is 0 Å². The van der Waals surface area contributed by atoms with Gasteiger partial charge in [0.2, 0.25) is 0 Å². The lowest BCUT2D eigenvalue weighted by Crippen LogP contribution is -1.78. The van der Waals surface area contributed by atoms with Crippen molar-refractivity contribution >= 4 is 27.5 Å². The molecule has 0 aliphatic rings. The highest BCUT2D eigenvalue weighted by Crippen LogP contribution is 2.29. The minimum Gasteiger partial charge on any atom is -0.0843 e. The topological polar surface area (TPSA) is 0 Å². The van der Waals surface area contributed by atoms with E-state index >= 15 is 0 Å². The van der Waals surface area contributed by atoms with Gasteiger partial charge < -0.3 is 0 Å². The fraction of sp³-hybridized carbons (Fsp3) is 0. The Hall–Kier alpha value is -0.790. The molecule has 0 amide bonds. The molecule has 69 valence electrons. The zero-order valence-electron chi connectivity index (χ0n) is 7.30. The van der Waals surface area contributed by atoms with Gasteiger partial charge in [-0.1, -0.05) is 51.8 Å². The summed E-state index contributed by atoms with van der Waals surface area (Å²) in [6, 6.07) is 16.6. The lowest BCUT2D eigenvalue weighted by Gasteiger charge is -2.03. The summed E-state index contributed by atoms with van der Waals surface area (Å²) in [4.78, 5) is 0. The Morgan fingerprint density at radius 3 is 2.79 bits per heavy atom. The van der Waals surface area contributed by atoms with Crippen LogP contribution in [0.4, 0.5) is 0 Å². The number of halogens is 2. The van der Waals surface area contributed by atoms with E-state index in [2.05, 4.69) is 22.0 Å². The molecule has 0 aromatic heterocycles. The van der Waals surface area contributed by atoms with Crippen LogP contribution in [0, 0.1) is 6.07 Å². The summed E-state index contributed by atoms with van der Waals surface area (Å²) < 4.78 is 1.03. The highest BCUT2D eigenvalue weighted by molar-refractivity contribution is 9.10. The van der Waals surface area contributed by atoms with Crippen LogP contribution in [-0.2, 0) is 0 Å². The van der Waals surface area contributed by atoms with E-state index in [1.165, 1.54) is 0 Å². The molecule has 0 unspecified atom stereocenters.